The number of nitrogens with zero attached hydrogens (tertiary/aromatic N) is 1. The molecule has 0 spiro atoms. The van der Waals surface area contributed by atoms with E-state index < -0.39 is 21.9 Å². The van der Waals surface area contributed by atoms with Crippen molar-refractivity contribution in [1.29, 1.82) is 0 Å². The molecule has 154 valence electrons. The van der Waals surface area contributed by atoms with E-state index in [1.807, 2.05) is 4.98 Å². The molecule has 0 atom stereocenters. The van der Waals surface area contributed by atoms with E-state index in [9.17, 15) is 19.7 Å². The monoisotopic (exact) mass is 511 g/mol. The minimum absolute atomic E-state index is 0.153. The van der Waals surface area contributed by atoms with E-state index >= 15 is 0 Å². The Kier molecular flexibility index (Phi) is 6.76. The summed E-state index contributed by atoms with van der Waals surface area (Å²) in [5, 5.41) is 12.1. The average Bonchev–Trinajstić information content (AvgIpc) is 2.65. The number of H-pyrrole nitrogens is 2. The van der Waals surface area contributed by atoms with Crippen LogP contribution in [0.15, 0.2) is 50.5 Å². The first-order chi connectivity index (χ1) is 14.2. The molecule has 0 unspecified atom stereocenters. The van der Waals surface area contributed by atoms with Gasteiger partial charge in [-0.25, -0.2) is 4.79 Å². The minimum atomic E-state index is -1.09. The van der Waals surface area contributed by atoms with Crippen LogP contribution in [0.3, 0.4) is 0 Å². The van der Waals surface area contributed by atoms with Crippen molar-refractivity contribution in [3.8, 4) is 5.75 Å². The van der Waals surface area contributed by atoms with Crippen LogP contribution in [0.4, 0.5) is 5.69 Å². The summed E-state index contributed by atoms with van der Waals surface area (Å²) in [6, 6.07) is 10.2. The molecule has 3 aromatic rings. The van der Waals surface area contributed by atoms with Crippen LogP contribution < -0.4 is 16.0 Å². The van der Waals surface area contributed by atoms with Crippen molar-refractivity contribution in [1.82, 2.24) is 9.97 Å². The molecule has 0 saturated heterocycles. The molecule has 0 radical (unpaired) electrons. The summed E-state index contributed by atoms with van der Waals surface area (Å²) in [6.45, 7) is 0.153. The Morgan fingerprint density at radius 1 is 1.10 bits per heavy atom. The molecule has 8 nitrogen and oxygen atoms in total. The zero-order chi connectivity index (χ0) is 21.8. The highest BCUT2D eigenvalue weighted by atomic mass is 79.9. The lowest BCUT2D eigenvalue weighted by molar-refractivity contribution is -0.386. The number of nitrogens with one attached hydrogen (secondary N) is 2. The van der Waals surface area contributed by atoms with Crippen molar-refractivity contribution in [2.45, 2.75) is 6.61 Å². The summed E-state index contributed by atoms with van der Waals surface area (Å²) in [5.41, 5.74) is -1.69. The number of ether oxygens (including phenoxy) is 1. The second kappa shape index (κ2) is 9.29. The Labute approximate surface area is 187 Å². The fourth-order valence-corrected chi connectivity index (χ4v) is 3.39. The van der Waals surface area contributed by atoms with Gasteiger partial charge in [-0.15, -0.1) is 0 Å². The number of hydrogen-bond donors (Lipinski definition) is 2. The maximum atomic E-state index is 11.7. The molecule has 30 heavy (non-hydrogen) atoms. The molecule has 3 rings (SSSR count). The first-order valence-electron chi connectivity index (χ1n) is 8.30. The zero-order valence-corrected chi connectivity index (χ0v) is 18.0. The number of rotatable bonds is 6. The summed E-state index contributed by atoms with van der Waals surface area (Å²) in [7, 11) is 0. The van der Waals surface area contributed by atoms with Gasteiger partial charge in [-0.1, -0.05) is 45.2 Å². The predicted molar refractivity (Wildman–Crippen MR) is 118 cm³/mol. The van der Waals surface area contributed by atoms with Crippen LogP contribution in [0, 0.1) is 10.1 Å². The van der Waals surface area contributed by atoms with Crippen LogP contribution >= 0.6 is 39.1 Å². The zero-order valence-electron chi connectivity index (χ0n) is 14.9. The number of benzene rings is 2. The molecule has 0 fully saturated rings. The van der Waals surface area contributed by atoms with Crippen LogP contribution in [-0.2, 0) is 6.61 Å². The lowest BCUT2D eigenvalue weighted by Gasteiger charge is -2.11. The lowest BCUT2D eigenvalue weighted by Crippen LogP contribution is -2.25. The largest absolute Gasteiger partial charge is 0.488 e. The molecule has 11 heteroatoms. The van der Waals surface area contributed by atoms with Gasteiger partial charge in [0.2, 0.25) is 0 Å². The van der Waals surface area contributed by atoms with Crippen molar-refractivity contribution in [3.63, 3.8) is 0 Å². The van der Waals surface area contributed by atoms with Crippen LogP contribution in [-0.4, -0.2) is 14.9 Å². The third-order valence-electron chi connectivity index (χ3n) is 3.93. The number of halogens is 3. The van der Waals surface area contributed by atoms with Crippen molar-refractivity contribution < 1.29 is 9.66 Å². The molecule has 1 heterocycles. The minimum Gasteiger partial charge on any atom is -0.488 e. The Bertz CT molecular complexity index is 1270. The summed E-state index contributed by atoms with van der Waals surface area (Å²) >= 11 is 15.4. The highest BCUT2D eigenvalue weighted by molar-refractivity contribution is 9.10. The first-order valence-corrected chi connectivity index (χ1v) is 9.85. The second-order valence-corrected chi connectivity index (χ2v) is 7.73. The molecule has 1 aromatic heterocycles. The summed E-state index contributed by atoms with van der Waals surface area (Å²) < 4.78 is 6.57. The van der Waals surface area contributed by atoms with Gasteiger partial charge in [0.05, 0.1) is 4.92 Å². The van der Waals surface area contributed by atoms with Gasteiger partial charge >= 0.3 is 16.9 Å². The van der Waals surface area contributed by atoms with E-state index in [0.717, 1.165) is 4.47 Å². The number of aromatic amines is 2. The number of aromatic nitrogens is 2. The van der Waals surface area contributed by atoms with Crippen molar-refractivity contribution in [3.05, 3.63) is 98.7 Å². The molecule has 0 bridgehead atoms. The molecule has 0 saturated carbocycles. The van der Waals surface area contributed by atoms with Crippen molar-refractivity contribution >= 4 is 57.0 Å². The topological polar surface area (TPSA) is 118 Å². The van der Waals surface area contributed by atoms with Gasteiger partial charge in [-0.05, 0) is 42.5 Å². The van der Waals surface area contributed by atoms with E-state index in [1.165, 1.54) is 12.2 Å². The summed E-state index contributed by atoms with van der Waals surface area (Å²) in [4.78, 5) is 37.6. The highest BCUT2D eigenvalue weighted by Crippen LogP contribution is 2.28. The van der Waals surface area contributed by atoms with Crippen LogP contribution in [0.25, 0.3) is 12.2 Å². The van der Waals surface area contributed by atoms with Gasteiger partial charge in [-0.2, -0.15) is 0 Å². The maximum Gasteiger partial charge on any atom is 0.357 e. The predicted octanol–water partition coefficient (Wildman–Crippen LogP) is 4.79. The normalized spacial score (nSPS) is 11.0. The standard InChI is InChI=1S/C19H12BrCl2N3O5/c20-12-3-6-16(30-9-11-1-4-13(21)8-14(11)22)10(7-12)2-5-15-17(25(28)29)18(26)24-19(27)23-15/h1-8H,9H2,(H2,23,24,26,27)/b5-2+. The molecular weight excluding hydrogens is 501 g/mol. The molecular formula is C19H12BrCl2N3O5. The van der Waals surface area contributed by atoms with Gasteiger partial charge in [0.25, 0.3) is 0 Å². The van der Waals surface area contributed by atoms with Crippen LogP contribution in [0.5, 0.6) is 5.75 Å². The van der Waals surface area contributed by atoms with Gasteiger partial charge in [0.1, 0.15) is 18.1 Å². The van der Waals surface area contributed by atoms with Crippen LogP contribution in [0.2, 0.25) is 10.0 Å². The van der Waals surface area contributed by atoms with Crippen molar-refractivity contribution in [2.24, 2.45) is 0 Å². The number of hydrogen-bond acceptors (Lipinski definition) is 5. The molecule has 0 aliphatic carbocycles. The second-order valence-electron chi connectivity index (χ2n) is 5.97. The molecule has 2 N–H and O–H groups in total. The molecule has 0 aliphatic rings. The smallest absolute Gasteiger partial charge is 0.357 e. The van der Waals surface area contributed by atoms with Gasteiger partial charge in [0.15, 0.2) is 0 Å². The highest BCUT2D eigenvalue weighted by Gasteiger charge is 2.19. The average molecular weight is 513 g/mol. The van der Waals surface area contributed by atoms with E-state index in [1.54, 1.807) is 36.4 Å². The summed E-state index contributed by atoms with van der Waals surface area (Å²) in [6.07, 6.45) is 2.75. The van der Waals surface area contributed by atoms with Gasteiger partial charge in [0, 0.05) is 25.6 Å². The third kappa shape index (κ3) is 5.18. The Balaban J connectivity index is 1.94. The Morgan fingerprint density at radius 2 is 1.87 bits per heavy atom. The van der Waals surface area contributed by atoms with E-state index in [2.05, 4.69) is 20.9 Å². The first kappa shape index (κ1) is 21.8. The maximum absolute atomic E-state index is 11.7. The molecule has 0 amide bonds. The van der Waals surface area contributed by atoms with Gasteiger partial charge < -0.3 is 9.72 Å². The quantitative estimate of drug-likeness (QED) is 0.363. The van der Waals surface area contributed by atoms with E-state index in [-0.39, 0.29) is 12.3 Å². The Morgan fingerprint density at radius 3 is 2.57 bits per heavy atom. The van der Waals surface area contributed by atoms with E-state index in [0.29, 0.717) is 26.9 Å². The third-order valence-corrected chi connectivity index (χ3v) is 5.01. The van der Waals surface area contributed by atoms with Crippen LogP contribution in [0.1, 0.15) is 16.8 Å². The Hall–Kier alpha value is -2.88. The molecule has 0 aliphatic heterocycles. The fourth-order valence-electron chi connectivity index (χ4n) is 2.55. The van der Waals surface area contributed by atoms with Gasteiger partial charge in [-0.3, -0.25) is 19.9 Å². The number of nitro groups is 1. The fraction of sp³-hybridized carbons (Fsp3) is 0.0526. The SMILES string of the molecule is O=c1[nH]c(/C=C/c2cc(Br)ccc2OCc2ccc(Cl)cc2Cl)c([N+](=O)[O-])c(=O)[nH]1. The lowest BCUT2D eigenvalue weighted by atomic mass is 10.1. The van der Waals surface area contributed by atoms with Crippen molar-refractivity contribution in [2.75, 3.05) is 0 Å². The van der Waals surface area contributed by atoms with E-state index in [4.69, 9.17) is 27.9 Å². The summed E-state index contributed by atoms with van der Waals surface area (Å²) in [5.74, 6) is 0.454. The molecule has 2 aromatic carbocycles.